The Bertz CT molecular complexity index is 877. The molecule has 2 aromatic carbocycles. The van der Waals surface area contributed by atoms with E-state index in [0.717, 1.165) is 12.0 Å². The van der Waals surface area contributed by atoms with Crippen molar-refractivity contribution in [3.63, 3.8) is 0 Å². The molecular formula is C21H21N3OS. The van der Waals surface area contributed by atoms with Gasteiger partial charge in [0.25, 0.3) is 5.91 Å². The maximum absolute atomic E-state index is 12.2. The van der Waals surface area contributed by atoms with Gasteiger partial charge in [0.15, 0.2) is 0 Å². The van der Waals surface area contributed by atoms with E-state index in [9.17, 15) is 4.79 Å². The van der Waals surface area contributed by atoms with Crippen molar-refractivity contribution in [2.24, 2.45) is 0 Å². The molecule has 0 bridgehead atoms. The standard InChI is InChI=1S/C21H21N3OS/c1-2-15-5-9-17(10-6-15)26-18-11-7-16(8-12-18)14-24-21(25)19-4-3-13-23-20(19)22/h3-13H,2,14H2,1H3,(H2,22,23)(H,24,25). The van der Waals surface area contributed by atoms with Gasteiger partial charge >= 0.3 is 0 Å². The van der Waals surface area contributed by atoms with Crippen molar-refractivity contribution >= 4 is 23.5 Å². The van der Waals surface area contributed by atoms with Gasteiger partial charge in [-0.25, -0.2) is 4.98 Å². The minimum Gasteiger partial charge on any atom is -0.383 e. The van der Waals surface area contributed by atoms with Crippen molar-refractivity contribution in [3.05, 3.63) is 83.6 Å². The van der Waals surface area contributed by atoms with E-state index < -0.39 is 0 Å². The third-order valence-corrected chi connectivity index (χ3v) is 5.04. The first-order valence-electron chi connectivity index (χ1n) is 8.50. The van der Waals surface area contributed by atoms with E-state index in [0.29, 0.717) is 12.1 Å². The van der Waals surface area contributed by atoms with Crippen LogP contribution < -0.4 is 11.1 Å². The highest BCUT2D eigenvalue weighted by molar-refractivity contribution is 7.99. The summed E-state index contributed by atoms with van der Waals surface area (Å²) in [7, 11) is 0. The number of aryl methyl sites for hydroxylation is 1. The molecule has 0 aliphatic carbocycles. The molecule has 3 rings (SSSR count). The first-order valence-corrected chi connectivity index (χ1v) is 9.32. The molecule has 0 aliphatic rings. The van der Waals surface area contributed by atoms with Crippen LogP contribution in [0.25, 0.3) is 0 Å². The van der Waals surface area contributed by atoms with Crippen molar-refractivity contribution < 1.29 is 4.79 Å². The lowest BCUT2D eigenvalue weighted by molar-refractivity contribution is 0.0951. The molecule has 26 heavy (non-hydrogen) atoms. The molecule has 0 atom stereocenters. The third kappa shape index (κ3) is 4.64. The van der Waals surface area contributed by atoms with Crippen LogP contribution in [0.3, 0.4) is 0 Å². The van der Waals surface area contributed by atoms with Crippen molar-refractivity contribution in [3.8, 4) is 0 Å². The monoisotopic (exact) mass is 363 g/mol. The summed E-state index contributed by atoms with van der Waals surface area (Å²) in [6.07, 6.45) is 2.62. The number of pyridine rings is 1. The Kier molecular flexibility index (Phi) is 5.92. The lowest BCUT2D eigenvalue weighted by atomic mass is 10.2. The summed E-state index contributed by atoms with van der Waals surface area (Å²) in [5.74, 6) is 0.0240. The quantitative estimate of drug-likeness (QED) is 0.685. The van der Waals surface area contributed by atoms with E-state index in [1.165, 1.54) is 15.4 Å². The van der Waals surface area contributed by atoms with Gasteiger partial charge < -0.3 is 11.1 Å². The van der Waals surface area contributed by atoms with Gasteiger partial charge in [-0.3, -0.25) is 4.79 Å². The first kappa shape index (κ1) is 18.0. The second kappa shape index (κ2) is 8.54. The summed E-state index contributed by atoms with van der Waals surface area (Å²) in [6, 6.07) is 20.2. The summed E-state index contributed by atoms with van der Waals surface area (Å²) in [5, 5.41) is 2.87. The molecule has 0 unspecified atom stereocenters. The minimum atomic E-state index is -0.218. The molecule has 3 N–H and O–H groups in total. The topological polar surface area (TPSA) is 68.0 Å². The molecule has 4 nitrogen and oxygen atoms in total. The van der Waals surface area contributed by atoms with Crippen molar-refractivity contribution in [2.45, 2.75) is 29.7 Å². The fourth-order valence-corrected chi connectivity index (χ4v) is 3.31. The van der Waals surface area contributed by atoms with Crippen LogP contribution in [0.5, 0.6) is 0 Å². The highest BCUT2D eigenvalue weighted by Crippen LogP contribution is 2.28. The van der Waals surface area contributed by atoms with Crippen molar-refractivity contribution in [1.82, 2.24) is 10.3 Å². The molecule has 5 heteroatoms. The van der Waals surface area contributed by atoms with Crippen LogP contribution in [0.4, 0.5) is 5.82 Å². The third-order valence-electron chi connectivity index (χ3n) is 4.03. The molecule has 3 aromatic rings. The molecule has 0 radical (unpaired) electrons. The van der Waals surface area contributed by atoms with E-state index in [4.69, 9.17) is 5.73 Å². The number of rotatable bonds is 6. The summed E-state index contributed by atoms with van der Waals surface area (Å²) >= 11 is 1.73. The number of amides is 1. The molecule has 0 fully saturated rings. The average Bonchev–Trinajstić information content (AvgIpc) is 2.68. The number of nitrogens with zero attached hydrogens (tertiary/aromatic N) is 1. The molecule has 0 spiro atoms. The van der Waals surface area contributed by atoms with Gasteiger partial charge in [-0.15, -0.1) is 0 Å². The van der Waals surface area contributed by atoms with Gasteiger partial charge in [-0.2, -0.15) is 0 Å². The fourth-order valence-electron chi connectivity index (χ4n) is 2.49. The van der Waals surface area contributed by atoms with E-state index in [2.05, 4.69) is 53.6 Å². The molecule has 1 heterocycles. The SMILES string of the molecule is CCc1ccc(Sc2ccc(CNC(=O)c3cccnc3N)cc2)cc1. The van der Waals surface area contributed by atoms with E-state index >= 15 is 0 Å². The van der Waals surface area contributed by atoms with Crippen molar-refractivity contribution in [2.75, 3.05) is 5.73 Å². The lowest BCUT2D eigenvalue weighted by Crippen LogP contribution is -2.24. The number of anilines is 1. The van der Waals surface area contributed by atoms with Gasteiger partial charge in [-0.05, 0) is 53.9 Å². The van der Waals surface area contributed by atoms with Crippen LogP contribution in [0.1, 0.15) is 28.4 Å². The average molecular weight is 363 g/mol. The molecule has 132 valence electrons. The Morgan fingerprint density at radius 1 is 1.00 bits per heavy atom. The van der Waals surface area contributed by atoms with Crippen molar-refractivity contribution in [1.29, 1.82) is 0 Å². The molecule has 0 aliphatic heterocycles. The number of benzene rings is 2. The summed E-state index contributed by atoms with van der Waals surface area (Å²) < 4.78 is 0. The first-order chi connectivity index (χ1) is 12.7. The Hall–Kier alpha value is -2.79. The van der Waals surface area contributed by atoms with E-state index in [-0.39, 0.29) is 11.7 Å². The van der Waals surface area contributed by atoms with E-state index in [1.807, 2.05) is 12.1 Å². The van der Waals surface area contributed by atoms with Gasteiger partial charge in [0.1, 0.15) is 5.82 Å². The number of hydrogen-bond donors (Lipinski definition) is 2. The molecule has 1 amide bonds. The lowest BCUT2D eigenvalue weighted by Gasteiger charge is -2.08. The number of hydrogen-bond acceptors (Lipinski definition) is 4. The Morgan fingerprint density at radius 2 is 1.62 bits per heavy atom. The number of nitrogens with two attached hydrogens (primary N) is 1. The predicted octanol–water partition coefficient (Wildman–Crippen LogP) is 4.31. The van der Waals surface area contributed by atoms with Crippen LogP contribution in [0.2, 0.25) is 0 Å². The van der Waals surface area contributed by atoms with Crippen LogP contribution >= 0.6 is 11.8 Å². The van der Waals surface area contributed by atoms with Crippen LogP contribution in [-0.2, 0) is 13.0 Å². The van der Waals surface area contributed by atoms with Gasteiger partial charge in [0, 0.05) is 22.5 Å². The van der Waals surface area contributed by atoms with Gasteiger partial charge in [0.05, 0.1) is 5.56 Å². The summed E-state index contributed by atoms with van der Waals surface area (Å²) in [4.78, 5) is 18.5. The van der Waals surface area contributed by atoms with Crippen LogP contribution in [-0.4, -0.2) is 10.9 Å². The number of aromatic nitrogens is 1. The van der Waals surface area contributed by atoms with Crippen LogP contribution in [0, 0.1) is 0 Å². The molecular weight excluding hydrogens is 342 g/mol. The smallest absolute Gasteiger partial charge is 0.255 e. The van der Waals surface area contributed by atoms with Crippen LogP contribution in [0.15, 0.2) is 76.7 Å². The zero-order valence-corrected chi connectivity index (χ0v) is 15.4. The Labute approximate surface area is 157 Å². The fraction of sp³-hybridized carbons (Fsp3) is 0.143. The minimum absolute atomic E-state index is 0.218. The Balaban J connectivity index is 1.57. The molecule has 1 aromatic heterocycles. The highest BCUT2D eigenvalue weighted by Gasteiger charge is 2.09. The normalized spacial score (nSPS) is 10.5. The maximum atomic E-state index is 12.2. The molecule has 0 saturated heterocycles. The second-order valence-corrected chi connectivity index (χ2v) is 7.01. The predicted molar refractivity (Wildman–Crippen MR) is 106 cm³/mol. The summed E-state index contributed by atoms with van der Waals surface area (Å²) in [5.41, 5.74) is 8.50. The number of carbonyl (C=O) groups excluding carboxylic acids is 1. The zero-order valence-electron chi connectivity index (χ0n) is 14.6. The number of nitrogen functional groups attached to an aromatic ring is 1. The van der Waals surface area contributed by atoms with E-state index in [1.54, 1.807) is 30.1 Å². The largest absolute Gasteiger partial charge is 0.383 e. The number of nitrogens with one attached hydrogen (secondary N) is 1. The highest BCUT2D eigenvalue weighted by atomic mass is 32.2. The summed E-state index contributed by atoms with van der Waals surface area (Å²) in [6.45, 7) is 2.60. The number of carbonyl (C=O) groups is 1. The van der Waals surface area contributed by atoms with Gasteiger partial charge in [-0.1, -0.05) is 43.0 Å². The molecule has 0 saturated carbocycles. The zero-order chi connectivity index (χ0) is 18.4. The van der Waals surface area contributed by atoms with Gasteiger partial charge in [0.2, 0.25) is 0 Å². The Morgan fingerprint density at radius 3 is 2.19 bits per heavy atom. The maximum Gasteiger partial charge on any atom is 0.255 e. The second-order valence-electron chi connectivity index (χ2n) is 5.86.